The van der Waals surface area contributed by atoms with Crippen LogP contribution in [0, 0.1) is 0 Å². The van der Waals surface area contributed by atoms with Crippen molar-refractivity contribution >= 4 is 12.4 Å². The monoisotopic (exact) mass is 244 g/mol. The van der Waals surface area contributed by atoms with Crippen LogP contribution in [0.15, 0.2) is 18.3 Å². The lowest BCUT2D eigenvalue weighted by Gasteiger charge is -2.12. The van der Waals surface area contributed by atoms with Gasteiger partial charge in [0, 0.05) is 17.8 Å². The molecule has 0 aliphatic rings. The predicted octanol–water partition coefficient (Wildman–Crippen LogP) is 2.57. The van der Waals surface area contributed by atoms with Crippen molar-refractivity contribution in [1.29, 1.82) is 0 Å². The van der Waals surface area contributed by atoms with Crippen molar-refractivity contribution in [3.8, 4) is 5.88 Å². The fourth-order valence-electron chi connectivity index (χ4n) is 1.33. The maximum Gasteiger partial charge on any atom is 0.216 e. The quantitative estimate of drug-likeness (QED) is 0.837. The summed E-state index contributed by atoms with van der Waals surface area (Å²) < 4.78 is 5.57. The van der Waals surface area contributed by atoms with Gasteiger partial charge in [-0.25, -0.2) is 4.98 Å². The Morgan fingerprint density at radius 1 is 1.44 bits per heavy atom. The Kier molecular flexibility index (Phi) is 7.95. The molecule has 0 saturated carbocycles. The highest BCUT2D eigenvalue weighted by Crippen LogP contribution is 2.16. The third-order valence-electron chi connectivity index (χ3n) is 2.30. The lowest BCUT2D eigenvalue weighted by Crippen LogP contribution is -2.22. The minimum Gasteiger partial charge on any atom is -0.477 e. The highest BCUT2D eigenvalue weighted by molar-refractivity contribution is 5.85. The Balaban J connectivity index is 0.00000225. The molecule has 0 radical (unpaired) electrons. The van der Waals surface area contributed by atoms with Crippen molar-refractivity contribution in [3.05, 3.63) is 23.9 Å². The van der Waals surface area contributed by atoms with E-state index in [0.717, 1.165) is 30.7 Å². The summed E-state index contributed by atoms with van der Waals surface area (Å²) in [4.78, 5) is 4.23. The van der Waals surface area contributed by atoms with Gasteiger partial charge >= 0.3 is 0 Å². The number of halogens is 1. The second kappa shape index (κ2) is 8.36. The van der Waals surface area contributed by atoms with Crippen LogP contribution in [0.4, 0.5) is 0 Å². The van der Waals surface area contributed by atoms with E-state index in [-0.39, 0.29) is 18.4 Å². The molecule has 1 aromatic heterocycles. The van der Waals surface area contributed by atoms with E-state index in [1.807, 2.05) is 12.1 Å². The molecular weight excluding hydrogens is 224 g/mol. The number of nitrogens with zero attached hydrogens (tertiary/aromatic N) is 1. The van der Waals surface area contributed by atoms with Crippen molar-refractivity contribution in [3.63, 3.8) is 0 Å². The van der Waals surface area contributed by atoms with Gasteiger partial charge < -0.3 is 10.5 Å². The van der Waals surface area contributed by atoms with Gasteiger partial charge in [0.15, 0.2) is 0 Å². The summed E-state index contributed by atoms with van der Waals surface area (Å²) in [5, 5.41) is 0. The van der Waals surface area contributed by atoms with Gasteiger partial charge in [-0.2, -0.15) is 0 Å². The van der Waals surface area contributed by atoms with Crippen LogP contribution < -0.4 is 10.5 Å². The fourth-order valence-corrected chi connectivity index (χ4v) is 1.33. The van der Waals surface area contributed by atoms with E-state index in [1.165, 1.54) is 0 Å². The first-order valence-corrected chi connectivity index (χ1v) is 5.60. The van der Waals surface area contributed by atoms with Crippen LogP contribution in [0.25, 0.3) is 0 Å². The first-order valence-electron chi connectivity index (χ1n) is 5.60. The first kappa shape index (κ1) is 15.2. The van der Waals surface area contributed by atoms with Crippen molar-refractivity contribution in [2.45, 2.75) is 39.2 Å². The third kappa shape index (κ3) is 4.81. The topological polar surface area (TPSA) is 48.1 Å². The zero-order chi connectivity index (χ0) is 11.1. The molecule has 1 unspecified atom stereocenters. The zero-order valence-corrected chi connectivity index (χ0v) is 10.8. The molecule has 0 fully saturated rings. The molecule has 0 amide bonds. The Morgan fingerprint density at radius 2 is 2.19 bits per heavy atom. The largest absolute Gasteiger partial charge is 0.477 e. The molecule has 1 aromatic rings. The molecule has 0 aromatic carbocycles. The van der Waals surface area contributed by atoms with E-state index in [2.05, 4.69) is 18.8 Å². The van der Waals surface area contributed by atoms with Gasteiger partial charge in [0.2, 0.25) is 5.88 Å². The fraction of sp³-hybridized carbons (Fsp3) is 0.583. The van der Waals surface area contributed by atoms with E-state index in [1.54, 1.807) is 6.20 Å². The summed E-state index contributed by atoms with van der Waals surface area (Å²) in [5.41, 5.74) is 7.03. The number of rotatable bonds is 6. The van der Waals surface area contributed by atoms with E-state index in [4.69, 9.17) is 10.5 Å². The van der Waals surface area contributed by atoms with Crippen LogP contribution in [-0.2, 0) is 6.42 Å². The van der Waals surface area contributed by atoms with Crippen molar-refractivity contribution < 1.29 is 4.74 Å². The van der Waals surface area contributed by atoms with Gasteiger partial charge in [0.1, 0.15) is 0 Å². The van der Waals surface area contributed by atoms with E-state index >= 15 is 0 Å². The summed E-state index contributed by atoms with van der Waals surface area (Å²) in [6.45, 7) is 4.89. The molecule has 1 atom stereocenters. The molecule has 0 spiro atoms. The number of hydrogen-bond donors (Lipinski definition) is 1. The van der Waals surface area contributed by atoms with Gasteiger partial charge in [0.25, 0.3) is 0 Å². The van der Waals surface area contributed by atoms with Gasteiger partial charge in [-0.05, 0) is 25.3 Å². The van der Waals surface area contributed by atoms with Crippen LogP contribution >= 0.6 is 12.4 Å². The SMILES string of the molecule is CCCOc1ncccc1CC(N)CC.Cl. The molecule has 4 heteroatoms. The van der Waals surface area contributed by atoms with Crippen molar-refractivity contribution in [2.75, 3.05) is 6.61 Å². The number of hydrogen-bond acceptors (Lipinski definition) is 3. The average Bonchev–Trinajstić information content (AvgIpc) is 2.28. The van der Waals surface area contributed by atoms with E-state index in [0.29, 0.717) is 6.61 Å². The van der Waals surface area contributed by atoms with E-state index in [9.17, 15) is 0 Å². The summed E-state index contributed by atoms with van der Waals surface area (Å²) in [5.74, 6) is 0.739. The molecule has 0 saturated heterocycles. The van der Waals surface area contributed by atoms with Gasteiger partial charge in [0.05, 0.1) is 6.61 Å². The van der Waals surface area contributed by atoms with Gasteiger partial charge in [-0.3, -0.25) is 0 Å². The van der Waals surface area contributed by atoms with Gasteiger partial charge in [-0.15, -0.1) is 12.4 Å². The van der Waals surface area contributed by atoms with Crippen LogP contribution in [0.2, 0.25) is 0 Å². The molecule has 0 aliphatic carbocycles. The van der Waals surface area contributed by atoms with Crippen LogP contribution in [-0.4, -0.2) is 17.6 Å². The summed E-state index contributed by atoms with van der Waals surface area (Å²) in [6, 6.07) is 4.16. The Morgan fingerprint density at radius 3 is 2.81 bits per heavy atom. The summed E-state index contributed by atoms with van der Waals surface area (Å²) in [6.07, 6.45) is 4.56. The summed E-state index contributed by atoms with van der Waals surface area (Å²) >= 11 is 0. The Bertz CT molecular complexity index is 294. The molecule has 16 heavy (non-hydrogen) atoms. The molecule has 0 bridgehead atoms. The zero-order valence-electron chi connectivity index (χ0n) is 9.98. The normalized spacial score (nSPS) is 11.7. The second-order valence-corrected chi connectivity index (χ2v) is 3.69. The third-order valence-corrected chi connectivity index (χ3v) is 2.30. The van der Waals surface area contributed by atoms with Crippen LogP contribution in [0.3, 0.4) is 0 Å². The molecule has 1 heterocycles. The smallest absolute Gasteiger partial charge is 0.216 e. The maximum atomic E-state index is 5.92. The molecule has 92 valence electrons. The highest BCUT2D eigenvalue weighted by atomic mass is 35.5. The number of pyridine rings is 1. The van der Waals surface area contributed by atoms with Crippen LogP contribution in [0.1, 0.15) is 32.3 Å². The molecule has 0 aliphatic heterocycles. The van der Waals surface area contributed by atoms with E-state index < -0.39 is 0 Å². The minimum atomic E-state index is 0. The second-order valence-electron chi connectivity index (χ2n) is 3.69. The number of ether oxygens (including phenoxy) is 1. The molecule has 2 N–H and O–H groups in total. The molecular formula is C12H21ClN2O. The van der Waals surface area contributed by atoms with Gasteiger partial charge in [-0.1, -0.05) is 19.9 Å². The first-order chi connectivity index (χ1) is 7.27. The number of aromatic nitrogens is 1. The molecule has 1 rings (SSSR count). The van der Waals surface area contributed by atoms with Crippen molar-refractivity contribution in [2.24, 2.45) is 5.73 Å². The minimum absolute atomic E-state index is 0. The average molecular weight is 245 g/mol. The summed E-state index contributed by atoms with van der Waals surface area (Å²) in [7, 11) is 0. The van der Waals surface area contributed by atoms with Crippen molar-refractivity contribution in [1.82, 2.24) is 4.98 Å². The molecule has 3 nitrogen and oxygen atoms in total. The highest BCUT2D eigenvalue weighted by Gasteiger charge is 2.07. The lowest BCUT2D eigenvalue weighted by molar-refractivity contribution is 0.301. The number of nitrogens with two attached hydrogens (primary N) is 1. The predicted molar refractivity (Wildman–Crippen MR) is 69.2 cm³/mol. The Labute approximate surface area is 104 Å². The Hall–Kier alpha value is -0.800. The maximum absolute atomic E-state index is 5.92. The van der Waals surface area contributed by atoms with Crippen LogP contribution in [0.5, 0.6) is 5.88 Å². The standard InChI is InChI=1S/C12H20N2O.ClH/c1-3-8-15-12-10(6-5-7-14-12)9-11(13)4-2;/h5-7,11H,3-4,8-9,13H2,1-2H3;1H. The lowest BCUT2D eigenvalue weighted by atomic mass is 10.1.